The van der Waals surface area contributed by atoms with Crippen LogP contribution in [0.5, 0.6) is 5.75 Å². The van der Waals surface area contributed by atoms with Crippen LogP contribution in [0, 0.1) is 0 Å². The zero-order valence-electron chi connectivity index (χ0n) is 8.56. The first-order valence-corrected chi connectivity index (χ1v) is 5.28. The van der Waals surface area contributed by atoms with Crippen molar-refractivity contribution in [3.8, 4) is 5.75 Å². The van der Waals surface area contributed by atoms with Gasteiger partial charge in [-0.15, -0.1) is 11.6 Å². The lowest BCUT2D eigenvalue weighted by Gasteiger charge is -2.17. The van der Waals surface area contributed by atoms with Gasteiger partial charge in [0.25, 0.3) is 0 Å². The minimum absolute atomic E-state index is 0.322. The number of hydrogen-bond acceptors (Lipinski definition) is 3. The van der Waals surface area contributed by atoms with Gasteiger partial charge in [-0.05, 0) is 24.1 Å². The first kappa shape index (κ1) is 12.3. The molecule has 0 aliphatic heterocycles. The highest BCUT2D eigenvalue weighted by Crippen LogP contribution is 2.22. The molecule has 2 unspecified atom stereocenters. The Hall–Kier alpha value is -0.770. The SMILES string of the molecule is COc1cccc(C(O)C(O)CCCl)c1. The lowest BCUT2D eigenvalue weighted by atomic mass is 10.0. The summed E-state index contributed by atoms with van der Waals surface area (Å²) in [5.41, 5.74) is 0.631. The third-order valence-electron chi connectivity index (χ3n) is 2.20. The Bertz CT molecular complexity index is 304. The van der Waals surface area contributed by atoms with Crippen LogP contribution in [0.15, 0.2) is 24.3 Å². The number of halogens is 1. The maximum Gasteiger partial charge on any atom is 0.119 e. The smallest absolute Gasteiger partial charge is 0.119 e. The van der Waals surface area contributed by atoms with E-state index >= 15 is 0 Å². The average Bonchev–Trinajstić information content (AvgIpc) is 2.28. The summed E-state index contributed by atoms with van der Waals surface area (Å²) in [4.78, 5) is 0. The van der Waals surface area contributed by atoms with Crippen molar-refractivity contribution in [2.45, 2.75) is 18.6 Å². The zero-order chi connectivity index (χ0) is 11.3. The second kappa shape index (κ2) is 5.95. The van der Waals surface area contributed by atoms with Gasteiger partial charge in [0, 0.05) is 5.88 Å². The third-order valence-corrected chi connectivity index (χ3v) is 2.42. The maximum atomic E-state index is 9.78. The molecule has 0 heterocycles. The van der Waals surface area contributed by atoms with E-state index < -0.39 is 12.2 Å². The highest BCUT2D eigenvalue weighted by Gasteiger charge is 2.17. The summed E-state index contributed by atoms with van der Waals surface area (Å²) in [6, 6.07) is 6.99. The average molecular weight is 231 g/mol. The van der Waals surface area contributed by atoms with Crippen molar-refractivity contribution >= 4 is 11.6 Å². The summed E-state index contributed by atoms with van der Waals surface area (Å²) in [6.07, 6.45) is -1.40. The minimum Gasteiger partial charge on any atom is -0.497 e. The second-order valence-electron chi connectivity index (χ2n) is 3.27. The van der Waals surface area contributed by atoms with Crippen molar-refractivity contribution in [1.82, 2.24) is 0 Å². The van der Waals surface area contributed by atoms with Gasteiger partial charge >= 0.3 is 0 Å². The Morgan fingerprint density at radius 2 is 2.13 bits per heavy atom. The largest absolute Gasteiger partial charge is 0.497 e. The Labute approximate surface area is 94.3 Å². The Balaban J connectivity index is 2.76. The van der Waals surface area contributed by atoms with Crippen molar-refractivity contribution in [3.05, 3.63) is 29.8 Å². The molecule has 0 saturated heterocycles. The van der Waals surface area contributed by atoms with Crippen LogP contribution in [0.3, 0.4) is 0 Å². The number of rotatable bonds is 5. The molecule has 84 valence electrons. The minimum atomic E-state index is -0.918. The third kappa shape index (κ3) is 3.38. The Kier molecular flexibility index (Phi) is 4.88. The van der Waals surface area contributed by atoms with Gasteiger partial charge in [0.2, 0.25) is 0 Å². The van der Waals surface area contributed by atoms with E-state index in [0.717, 1.165) is 0 Å². The number of methoxy groups -OCH3 is 1. The Morgan fingerprint density at radius 1 is 1.40 bits per heavy atom. The number of hydrogen-bond donors (Lipinski definition) is 2. The summed E-state index contributed by atoms with van der Waals surface area (Å²) < 4.78 is 5.03. The van der Waals surface area contributed by atoms with Crippen LogP contribution >= 0.6 is 11.6 Å². The predicted molar refractivity (Wildman–Crippen MR) is 59.3 cm³/mol. The fraction of sp³-hybridized carbons (Fsp3) is 0.455. The van der Waals surface area contributed by atoms with Crippen molar-refractivity contribution in [1.29, 1.82) is 0 Å². The van der Waals surface area contributed by atoms with E-state index in [1.165, 1.54) is 0 Å². The first-order chi connectivity index (χ1) is 7.19. The summed E-state index contributed by atoms with van der Waals surface area (Å²) in [7, 11) is 1.56. The van der Waals surface area contributed by atoms with E-state index in [9.17, 15) is 10.2 Å². The van der Waals surface area contributed by atoms with Crippen LogP contribution in [0.1, 0.15) is 18.1 Å². The molecular weight excluding hydrogens is 216 g/mol. The topological polar surface area (TPSA) is 49.7 Å². The molecule has 0 aliphatic carbocycles. The molecule has 0 aliphatic rings. The molecule has 0 bridgehead atoms. The van der Waals surface area contributed by atoms with Crippen LogP contribution in [0.4, 0.5) is 0 Å². The highest BCUT2D eigenvalue weighted by atomic mass is 35.5. The van der Waals surface area contributed by atoms with E-state index in [4.69, 9.17) is 16.3 Å². The first-order valence-electron chi connectivity index (χ1n) is 4.75. The Morgan fingerprint density at radius 3 is 2.73 bits per heavy atom. The van der Waals surface area contributed by atoms with Gasteiger partial charge in [0.1, 0.15) is 11.9 Å². The molecule has 0 amide bonds. The predicted octanol–water partition coefficient (Wildman–Crippen LogP) is 1.72. The van der Waals surface area contributed by atoms with Gasteiger partial charge in [-0.2, -0.15) is 0 Å². The summed E-state index contributed by atoms with van der Waals surface area (Å²) in [5.74, 6) is 0.979. The molecule has 1 aromatic carbocycles. The molecule has 2 atom stereocenters. The molecule has 2 N–H and O–H groups in total. The zero-order valence-corrected chi connectivity index (χ0v) is 9.31. The van der Waals surface area contributed by atoms with Gasteiger partial charge in [0.05, 0.1) is 13.2 Å². The normalized spacial score (nSPS) is 14.7. The van der Waals surface area contributed by atoms with E-state index in [-0.39, 0.29) is 0 Å². The molecule has 0 fully saturated rings. The molecule has 1 aromatic rings. The van der Waals surface area contributed by atoms with E-state index in [1.807, 2.05) is 0 Å². The van der Waals surface area contributed by atoms with Crippen molar-refractivity contribution < 1.29 is 14.9 Å². The summed E-state index contributed by atoms with van der Waals surface area (Å²) in [5, 5.41) is 19.3. The van der Waals surface area contributed by atoms with E-state index in [1.54, 1.807) is 31.4 Å². The van der Waals surface area contributed by atoms with Crippen LogP contribution in [-0.4, -0.2) is 29.3 Å². The number of ether oxygens (including phenoxy) is 1. The molecule has 1 rings (SSSR count). The molecular formula is C11H15ClO3. The lowest BCUT2D eigenvalue weighted by Crippen LogP contribution is -2.18. The maximum absolute atomic E-state index is 9.78. The van der Waals surface area contributed by atoms with Crippen LogP contribution in [0.25, 0.3) is 0 Å². The van der Waals surface area contributed by atoms with Crippen LogP contribution in [-0.2, 0) is 0 Å². The number of aliphatic hydroxyl groups is 2. The quantitative estimate of drug-likeness (QED) is 0.758. The van der Waals surface area contributed by atoms with Gasteiger partial charge in [0.15, 0.2) is 0 Å². The molecule has 3 nitrogen and oxygen atoms in total. The van der Waals surface area contributed by atoms with Crippen molar-refractivity contribution in [3.63, 3.8) is 0 Å². The molecule has 0 aromatic heterocycles. The van der Waals surface area contributed by atoms with Crippen molar-refractivity contribution in [2.75, 3.05) is 13.0 Å². The van der Waals surface area contributed by atoms with E-state index in [2.05, 4.69) is 0 Å². The highest BCUT2D eigenvalue weighted by molar-refractivity contribution is 6.17. The van der Waals surface area contributed by atoms with Gasteiger partial charge in [-0.1, -0.05) is 12.1 Å². The fourth-order valence-electron chi connectivity index (χ4n) is 1.32. The van der Waals surface area contributed by atoms with Crippen molar-refractivity contribution in [2.24, 2.45) is 0 Å². The fourth-order valence-corrected chi connectivity index (χ4v) is 1.54. The lowest BCUT2D eigenvalue weighted by molar-refractivity contribution is 0.0169. The molecule has 0 saturated carbocycles. The summed E-state index contributed by atoms with van der Waals surface area (Å²) >= 11 is 5.49. The van der Waals surface area contributed by atoms with Crippen LogP contribution < -0.4 is 4.74 Å². The molecule has 0 spiro atoms. The molecule has 15 heavy (non-hydrogen) atoms. The van der Waals surface area contributed by atoms with Crippen LogP contribution in [0.2, 0.25) is 0 Å². The van der Waals surface area contributed by atoms with Gasteiger partial charge < -0.3 is 14.9 Å². The molecule has 0 radical (unpaired) electrons. The number of alkyl halides is 1. The van der Waals surface area contributed by atoms with Gasteiger partial charge in [-0.25, -0.2) is 0 Å². The number of aliphatic hydroxyl groups excluding tert-OH is 2. The second-order valence-corrected chi connectivity index (χ2v) is 3.64. The number of benzene rings is 1. The monoisotopic (exact) mass is 230 g/mol. The van der Waals surface area contributed by atoms with Gasteiger partial charge in [-0.3, -0.25) is 0 Å². The van der Waals surface area contributed by atoms with E-state index in [0.29, 0.717) is 23.6 Å². The summed E-state index contributed by atoms with van der Waals surface area (Å²) in [6.45, 7) is 0. The standard InChI is InChI=1S/C11H15ClO3/c1-15-9-4-2-3-8(7-9)11(14)10(13)5-6-12/h2-4,7,10-11,13-14H,5-6H2,1H3. The molecule has 4 heteroatoms.